The monoisotopic (exact) mass is 422 g/mol. The zero-order valence-corrected chi connectivity index (χ0v) is 17.4. The number of halogens is 2. The number of aromatic nitrogens is 1. The van der Waals surface area contributed by atoms with Crippen LogP contribution in [0.5, 0.6) is 5.75 Å². The van der Waals surface area contributed by atoms with E-state index in [0.29, 0.717) is 22.3 Å². The van der Waals surface area contributed by atoms with Crippen LogP contribution in [0.4, 0.5) is 5.82 Å². The minimum absolute atomic E-state index is 0.290. The third-order valence-electron chi connectivity index (χ3n) is 5.04. The number of hydrogen-bond donors (Lipinski definition) is 2. The Bertz CT molecular complexity index is 1100. The number of aromatic hydroxyl groups is 1. The Morgan fingerprint density at radius 1 is 1.03 bits per heavy atom. The molecule has 1 aromatic heterocycles. The first-order valence-electron chi connectivity index (χ1n) is 9.35. The SMILES string of the molecule is Cc1cc(Cl)cnc1NC(c1ccc(Cl)cc1)c1ccc2c(c1O)CC=CC=C2. The smallest absolute Gasteiger partial charge is 0.129 e. The van der Waals surface area contributed by atoms with Crippen molar-refractivity contribution in [2.75, 3.05) is 5.32 Å². The molecule has 1 unspecified atom stereocenters. The third kappa shape index (κ3) is 4.16. The fourth-order valence-corrected chi connectivity index (χ4v) is 3.86. The Hall–Kier alpha value is -2.75. The first-order chi connectivity index (χ1) is 14.0. The van der Waals surface area contributed by atoms with Crippen molar-refractivity contribution in [3.05, 3.63) is 105 Å². The van der Waals surface area contributed by atoms with E-state index in [9.17, 15) is 5.11 Å². The number of rotatable bonds is 4. The summed E-state index contributed by atoms with van der Waals surface area (Å²) in [6, 6.07) is 13.2. The minimum atomic E-state index is -0.304. The number of anilines is 1. The second kappa shape index (κ2) is 8.32. The van der Waals surface area contributed by atoms with E-state index < -0.39 is 0 Å². The van der Waals surface area contributed by atoms with Crippen molar-refractivity contribution in [1.29, 1.82) is 0 Å². The van der Waals surface area contributed by atoms with Gasteiger partial charge >= 0.3 is 0 Å². The maximum absolute atomic E-state index is 11.2. The second-order valence-electron chi connectivity index (χ2n) is 7.01. The Kier molecular flexibility index (Phi) is 5.61. The first kappa shape index (κ1) is 19.6. The lowest BCUT2D eigenvalue weighted by atomic mass is 9.92. The second-order valence-corrected chi connectivity index (χ2v) is 7.88. The maximum Gasteiger partial charge on any atom is 0.129 e. The van der Waals surface area contributed by atoms with E-state index in [-0.39, 0.29) is 11.8 Å². The standard InChI is InChI=1S/C24H20Cl2N2O/c1-15-13-19(26)14-27-24(15)28-22(17-7-10-18(25)11-8-17)21-12-9-16-5-3-2-4-6-20(16)23(21)29/h2-5,7-14,22,29H,6H2,1H3,(H,27,28). The lowest BCUT2D eigenvalue weighted by Gasteiger charge is -2.24. The van der Waals surface area contributed by atoms with Crippen LogP contribution in [0.25, 0.3) is 6.08 Å². The van der Waals surface area contributed by atoms with Crippen molar-refractivity contribution in [3.63, 3.8) is 0 Å². The number of phenolic OH excluding ortho intramolecular Hbond substituents is 1. The topological polar surface area (TPSA) is 45.2 Å². The molecule has 0 bridgehead atoms. The van der Waals surface area contributed by atoms with E-state index in [1.165, 1.54) is 0 Å². The fourth-order valence-electron chi connectivity index (χ4n) is 3.52. The summed E-state index contributed by atoms with van der Waals surface area (Å²) in [5.74, 6) is 1.00. The molecule has 1 heterocycles. The van der Waals surface area contributed by atoms with Crippen LogP contribution in [0, 0.1) is 6.92 Å². The van der Waals surface area contributed by atoms with E-state index in [0.717, 1.165) is 27.8 Å². The largest absolute Gasteiger partial charge is 0.507 e. The summed E-state index contributed by atoms with van der Waals surface area (Å²) in [7, 11) is 0. The summed E-state index contributed by atoms with van der Waals surface area (Å²) in [5.41, 5.74) is 4.61. The summed E-state index contributed by atoms with van der Waals surface area (Å²) in [6.07, 6.45) is 10.3. The fraction of sp³-hybridized carbons (Fsp3) is 0.125. The Labute approximate surface area is 180 Å². The number of fused-ring (bicyclic) bond motifs is 1. The van der Waals surface area contributed by atoms with Crippen molar-refractivity contribution >= 4 is 35.1 Å². The van der Waals surface area contributed by atoms with Gasteiger partial charge in [-0.3, -0.25) is 0 Å². The molecule has 29 heavy (non-hydrogen) atoms. The third-order valence-corrected chi connectivity index (χ3v) is 5.49. The van der Waals surface area contributed by atoms with Crippen molar-refractivity contribution in [3.8, 4) is 5.75 Å². The quantitative estimate of drug-likeness (QED) is 0.489. The lowest BCUT2D eigenvalue weighted by molar-refractivity contribution is 0.461. The number of aryl methyl sites for hydroxylation is 1. The number of nitrogens with zero attached hydrogens (tertiary/aromatic N) is 1. The van der Waals surface area contributed by atoms with E-state index >= 15 is 0 Å². The highest BCUT2D eigenvalue weighted by molar-refractivity contribution is 6.30. The van der Waals surface area contributed by atoms with Gasteiger partial charge in [0.15, 0.2) is 0 Å². The van der Waals surface area contributed by atoms with Gasteiger partial charge in [-0.05, 0) is 48.2 Å². The van der Waals surface area contributed by atoms with Gasteiger partial charge in [0.25, 0.3) is 0 Å². The molecule has 0 saturated carbocycles. The van der Waals surface area contributed by atoms with Gasteiger partial charge < -0.3 is 10.4 Å². The van der Waals surface area contributed by atoms with Crippen LogP contribution in [0.3, 0.4) is 0 Å². The molecule has 1 aliphatic rings. The zero-order chi connectivity index (χ0) is 20.4. The Balaban J connectivity index is 1.82. The molecule has 0 saturated heterocycles. The van der Waals surface area contributed by atoms with Gasteiger partial charge in [0.2, 0.25) is 0 Å². The summed E-state index contributed by atoms with van der Waals surface area (Å²) >= 11 is 12.2. The highest BCUT2D eigenvalue weighted by atomic mass is 35.5. The van der Waals surface area contributed by atoms with Crippen LogP contribution < -0.4 is 5.32 Å². The molecular weight excluding hydrogens is 403 g/mol. The summed E-state index contributed by atoms with van der Waals surface area (Å²) in [6.45, 7) is 1.95. The Morgan fingerprint density at radius 3 is 2.59 bits per heavy atom. The highest BCUT2D eigenvalue weighted by Crippen LogP contribution is 2.38. The summed E-state index contributed by atoms with van der Waals surface area (Å²) in [5, 5.41) is 15.9. The number of phenols is 1. The van der Waals surface area contributed by atoms with Crippen LogP contribution >= 0.6 is 23.2 Å². The number of benzene rings is 2. The average molecular weight is 423 g/mol. The van der Waals surface area contributed by atoms with Gasteiger partial charge in [-0.2, -0.15) is 0 Å². The molecule has 2 N–H and O–H groups in total. The van der Waals surface area contributed by atoms with Crippen LogP contribution in [-0.4, -0.2) is 10.1 Å². The van der Waals surface area contributed by atoms with Gasteiger partial charge in [-0.15, -0.1) is 0 Å². The van der Waals surface area contributed by atoms with E-state index in [2.05, 4.69) is 10.3 Å². The van der Waals surface area contributed by atoms with E-state index in [1.54, 1.807) is 6.20 Å². The zero-order valence-electron chi connectivity index (χ0n) is 15.9. The normalized spacial score (nSPS) is 13.6. The molecular formula is C24H20Cl2N2O. The van der Waals surface area contributed by atoms with Crippen LogP contribution in [0.2, 0.25) is 10.0 Å². The van der Waals surface area contributed by atoms with Gasteiger partial charge in [0.1, 0.15) is 11.6 Å². The van der Waals surface area contributed by atoms with Crippen molar-refractivity contribution < 1.29 is 5.11 Å². The van der Waals surface area contributed by atoms with Gasteiger partial charge in [-0.25, -0.2) is 4.98 Å². The molecule has 0 radical (unpaired) electrons. The number of allylic oxidation sites excluding steroid dienone is 3. The molecule has 5 heteroatoms. The maximum atomic E-state index is 11.2. The van der Waals surface area contributed by atoms with Crippen molar-refractivity contribution in [2.45, 2.75) is 19.4 Å². The number of hydrogen-bond acceptors (Lipinski definition) is 3. The molecule has 0 aliphatic heterocycles. The molecule has 0 spiro atoms. The molecule has 3 aromatic rings. The van der Waals surface area contributed by atoms with Gasteiger partial charge in [-0.1, -0.05) is 71.8 Å². The molecule has 4 rings (SSSR count). The van der Waals surface area contributed by atoms with E-state index in [1.807, 2.05) is 73.7 Å². The lowest BCUT2D eigenvalue weighted by Crippen LogP contribution is -2.15. The van der Waals surface area contributed by atoms with Crippen molar-refractivity contribution in [2.24, 2.45) is 0 Å². The van der Waals surface area contributed by atoms with Gasteiger partial charge in [0.05, 0.1) is 11.1 Å². The number of nitrogens with one attached hydrogen (secondary N) is 1. The predicted octanol–water partition coefficient (Wildman–Crippen LogP) is 6.73. The minimum Gasteiger partial charge on any atom is -0.507 e. The molecule has 1 atom stereocenters. The molecule has 0 amide bonds. The van der Waals surface area contributed by atoms with Crippen LogP contribution in [-0.2, 0) is 6.42 Å². The first-order valence-corrected chi connectivity index (χ1v) is 10.1. The van der Waals surface area contributed by atoms with Crippen LogP contribution in [0.15, 0.2) is 66.9 Å². The Morgan fingerprint density at radius 2 is 1.83 bits per heavy atom. The highest BCUT2D eigenvalue weighted by Gasteiger charge is 2.22. The van der Waals surface area contributed by atoms with E-state index in [4.69, 9.17) is 23.2 Å². The van der Waals surface area contributed by atoms with Crippen LogP contribution in [0.1, 0.15) is 33.9 Å². The molecule has 146 valence electrons. The van der Waals surface area contributed by atoms with Crippen molar-refractivity contribution in [1.82, 2.24) is 4.98 Å². The molecule has 3 nitrogen and oxygen atoms in total. The molecule has 1 aliphatic carbocycles. The van der Waals surface area contributed by atoms with Gasteiger partial charge in [0, 0.05) is 22.3 Å². The molecule has 0 fully saturated rings. The predicted molar refractivity (Wildman–Crippen MR) is 121 cm³/mol. The summed E-state index contributed by atoms with van der Waals surface area (Å²) < 4.78 is 0. The average Bonchev–Trinajstić information content (AvgIpc) is 2.95. The summed E-state index contributed by atoms with van der Waals surface area (Å²) in [4.78, 5) is 4.45. The molecule has 2 aromatic carbocycles. The number of pyridine rings is 1.